The van der Waals surface area contributed by atoms with Crippen molar-refractivity contribution in [1.29, 1.82) is 0 Å². The van der Waals surface area contributed by atoms with Gasteiger partial charge in [-0.2, -0.15) is 5.10 Å². The zero-order chi connectivity index (χ0) is 19.5. The van der Waals surface area contributed by atoms with Gasteiger partial charge >= 0.3 is 0 Å². The smallest absolute Gasteiger partial charge is 0.234 e. The summed E-state index contributed by atoms with van der Waals surface area (Å²) in [5.41, 5.74) is 2.70. The molecule has 2 N–H and O–H groups in total. The number of H-pyrrole nitrogens is 1. The molecule has 2 aromatic rings. The number of carbonyl (C=O) groups excluding carboxylic acids is 1. The molecule has 4 rings (SSSR count). The Morgan fingerprint density at radius 1 is 1.18 bits per heavy atom. The largest absolute Gasteiger partial charge is 0.373 e. The predicted octanol–water partition coefficient (Wildman–Crippen LogP) is 1.85. The third-order valence-corrected chi connectivity index (χ3v) is 5.92. The number of hydrogen-bond donors (Lipinski definition) is 2. The second-order valence-electron chi connectivity index (χ2n) is 8.34. The highest BCUT2D eigenvalue weighted by Crippen LogP contribution is 2.36. The average molecular weight is 387 g/mol. The van der Waals surface area contributed by atoms with E-state index >= 15 is 0 Å². The fraction of sp³-hybridized carbons (Fsp3) is 0.700. The maximum atomic E-state index is 12.3. The zero-order valence-electron chi connectivity index (χ0n) is 16.7. The molecule has 1 aliphatic carbocycles. The molecule has 1 saturated heterocycles. The molecule has 2 aromatic heterocycles. The number of morpholine rings is 1. The van der Waals surface area contributed by atoms with Crippen molar-refractivity contribution in [3.05, 3.63) is 18.1 Å². The molecule has 0 aromatic carbocycles. The molecule has 2 unspecified atom stereocenters. The van der Waals surface area contributed by atoms with E-state index in [1.165, 1.54) is 0 Å². The van der Waals surface area contributed by atoms with E-state index in [-0.39, 0.29) is 18.1 Å². The minimum absolute atomic E-state index is 0.123. The molecule has 0 spiro atoms. The molecule has 2 aliphatic rings. The molecule has 1 saturated carbocycles. The summed E-state index contributed by atoms with van der Waals surface area (Å²) < 4.78 is 5.73. The fourth-order valence-electron chi connectivity index (χ4n) is 4.64. The highest BCUT2D eigenvalue weighted by atomic mass is 16.5. The standard InChI is InChI=1S/C20H30N6O2/c1-13-10-26(11-14(2)28-13)12-17(27)23-9-15-3-5-16(6-4-15)18-19-20(25-24-18)22-8-7-21-19/h7-8,13-16H,3-6,9-12H2,1-2H3,(H,23,27)(H,22,24,25). The molecule has 0 bridgehead atoms. The van der Waals surface area contributed by atoms with Crippen LogP contribution in [0.1, 0.15) is 51.1 Å². The monoisotopic (exact) mass is 386 g/mol. The number of amides is 1. The number of ether oxygens (including phenoxy) is 1. The van der Waals surface area contributed by atoms with Crippen molar-refractivity contribution in [1.82, 2.24) is 30.4 Å². The van der Waals surface area contributed by atoms with Gasteiger partial charge in [0.15, 0.2) is 5.65 Å². The molecule has 2 atom stereocenters. The first-order valence-corrected chi connectivity index (χ1v) is 10.4. The van der Waals surface area contributed by atoms with E-state index in [0.717, 1.165) is 56.5 Å². The Hall–Kier alpha value is -2.06. The Morgan fingerprint density at radius 3 is 2.64 bits per heavy atom. The first-order chi connectivity index (χ1) is 13.6. The van der Waals surface area contributed by atoms with Crippen LogP contribution >= 0.6 is 0 Å². The Bertz CT molecular complexity index is 791. The van der Waals surface area contributed by atoms with Gasteiger partial charge in [0.05, 0.1) is 24.4 Å². The summed E-state index contributed by atoms with van der Waals surface area (Å²) >= 11 is 0. The molecule has 152 valence electrons. The first-order valence-electron chi connectivity index (χ1n) is 10.4. The lowest BCUT2D eigenvalue weighted by Crippen LogP contribution is -2.49. The van der Waals surface area contributed by atoms with Crippen LogP contribution in [0.25, 0.3) is 11.2 Å². The summed E-state index contributed by atoms with van der Waals surface area (Å²) in [4.78, 5) is 23.2. The van der Waals surface area contributed by atoms with Gasteiger partial charge in [0.25, 0.3) is 0 Å². The van der Waals surface area contributed by atoms with Gasteiger partial charge in [0, 0.05) is 37.9 Å². The van der Waals surface area contributed by atoms with Gasteiger partial charge in [-0.05, 0) is 45.4 Å². The van der Waals surface area contributed by atoms with E-state index in [2.05, 4.69) is 44.2 Å². The number of aromatic nitrogens is 4. The third-order valence-electron chi connectivity index (χ3n) is 5.92. The zero-order valence-corrected chi connectivity index (χ0v) is 16.7. The Kier molecular flexibility index (Phi) is 5.87. The van der Waals surface area contributed by atoms with Gasteiger partial charge in [0.2, 0.25) is 5.91 Å². The van der Waals surface area contributed by atoms with Gasteiger partial charge in [-0.1, -0.05) is 0 Å². The van der Waals surface area contributed by atoms with Crippen molar-refractivity contribution in [3.63, 3.8) is 0 Å². The summed E-state index contributed by atoms with van der Waals surface area (Å²) in [7, 11) is 0. The number of rotatable bonds is 5. The van der Waals surface area contributed by atoms with Crippen molar-refractivity contribution in [2.45, 2.75) is 57.7 Å². The maximum absolute atomic E-state index is 12.3. The molecule has 8 nitrogen and oxygen atoms in total. The van der Waals surface area contributed by atoms with E-state index in [4.69, 9.17) is 4.74 Å². The lowest BCUT2D eigenvalue weighted by molar-refractivity contribution is -0.126. The normalized spacial score (nSPS) is 29.1. The van der Waals surface area contributed by atoms with Crippen molar-refractivity contribution in [3.8, 4) is 0 Å². The Morgan fingerprint density at radius 2 is 1.89 bits per heavy atom. The van der Waals surface area contributed by atoms with Crippen molar-refractivity contribution in [2.24, 2.45) is 5.92 Å². The third kappa shape index (κ3) is 4.50. The number of aromatic amines is 1. The second-order valence-corrected chi connectivity index (χ2v) is 8.34. The van der Waals surface area contributed by atoms with E-state index in [1.54, 1.807) is 12.4 Å². The van der Waals surface area contributed by atoms with Gasteiger partial charge in [-0.3, -0.25) is 14.8 Å². The molecule has 28 heavy (non-hydrogen) atoms. The van der Waals surface area contributed by atoms with Crippen LogP contribution < -0.4 is 5.32 Å². The summed E-state index contributed by atoms with van der Waals surface area (Å²) in [5, 5.41) is 10.6. The molecule has 3 heterocycles. The van der Waals surface area contributed by atoms with Crippen LogP contribution in [0.5, 0.6) is 0 Å². The van der Waals surface area contributed by atoms with Crippen molar-refractivity contribution in [2.75, 3.05) is 26.2 Å². The number of fused-ring (bicyclic) bond motifs is 1. The van der Waals surface area contributed by atoms with Crippen LogP contribution in [0, 0.1) is 5.92 Å². The highest BCUT2D eigenvalue weighted by Gasteiger charge is 2.27. The van der Waals surface area contributed by atoms with E-state index in [9.17, 15) is 4.79 Å². The van der Waals surface area contributed by atoms with Crippen LogP contribution in [0.15, 0.2) is 12.4 Å². The number of hydrogen-bond acceptors (Lipinski definition) is 6. The van der Waals surface area contributed by atoms with Crippen LogP contribution in [0.3, 0.4) is 0 Å². The van der Waals surface area contributed by atoms with Gasteiger partial charge in [-0.15, -0.1) is 0 Å². The molecular formula is C20H30N6O2. The summed E-state index contributed by atoms with van der Waals surface area (Å²) in [6, 6.07) is 0. The van der Waals surface area contributed by atoms with E-state index in [1.807, 2.05) is 0 Å². The molecule has 0 radical (unpaired) electrons. The van der Waals surface area contributed by atoms with Gasteiger partial charge < -0.3 is 10.1 Å². The molecule has 1 aliphatic heterocycles. The quantitative estimate of drug-likeness (QED) is 0.814. The van der Waals surface area contributed by atoms with Crippen LogP contribution in [-0.4, -0.2) is 69.4 Å². The summed E-state index contributed by atoms with van der Waals surface area (Å²) in [5.74, 6) is 1.12. The minimum Gasteiger partial charge on any atom is -0.373 e. The van der Waals surface area contributed by atoms with Crippen LogP contribution in [0.2, 0.25) is 0 Å². The maximum Gasteiger partial charge on any atom is 0.234 e. The Labute approximate surface area is 165 Å². The molecule has 2 fully saturated rings. The van der Waals surface area contributed by atoms with Crippen molar-refractivity contribution >= 4 is 17.1 Å². The van der Waals surface area contributed by atoms with Crippen molar-refractivity contribution < 1.29 is 9.53 Å². The van der Waals surface area contributed by atoms with Gasteiger partial charge in [0.1, 0.15) is 5.52 Å². The number of nitrogens with one attached hydrogen (secondary N) is 2. The average Bonchev–Trinajstić information content (AvgIpc) is 3.10. The van der Waals surface area contributed by atoms with E-state index in [0.29, 0.717) is 24.0 Å². The number of nitrogens with zero attached hydrogens (tertiary/aromatic N) is 4. The van der Waals surface area contributed by atoms with Gasteiger partial charge in [-0.25, -0.2) is 9.97 Å². The molecule has 1 amide bonds. The minimum atomic E-state index is 0.123. The highest BCUT2D eigenvalue weighted by molar-refractivity contribution is 5.78. The first kappa shape index (κ1) is 19.3. The number of carbonyl (C=O) groups is 1. The lowest BCUT2D eigenvalue weighted by Gasteiger charge is -2.35. The summed E-state index contributed by atoms with van der Waals surface area (Å²) in [6.07, 6.45) is 8.17. The lowest BCUT2D eigenvalue weighted by atomic mass is 9.80. The SMILES string of the molecule is CC1CN(CC(=O)NCC2CCC(c3[nH]nc4nccnc34)CC2)CC(C)O1. The van der Waals surface area contributed by atoms with Crippen LogP contribution in [0.4, 0.5) is 0 Å². The Balaban J connectivity index is 1.22. The predicted molar refractivity (Wildman–Crippen MR) is 106 cm³/mol. The molecule has 8 heteroatoms. The second kappa shape index (κ2) is 8.53. The summed E-state index contributed by atoms with van der Waals surface area (Å²) in [6.45, 7) is 7.01. The fourth-order valence-corrected chi connectivity index (χ4v) is 4.64. The van der Waals surface area contributed by atoms with Crippen LogP contribution in [-0.2, 0) is 9.53 Å². The topological polar surface area (TPSA) is 96.0 Å². The van der Waals surface area contributed by atoms with E-state index < -0.39 is 0 Å². The molecular weight excluding hydrogens is 356 g/mol.